The monoisotopic (exact) mass is 381 g/mol. The highest BCUT2D eigenvalue weighted by Gasteiger charge is 2.21. The first-order valence-corrected chi connectivity index (χ1v) is 9.71. The Balaban J connectivity index is 1.21. The SMILES string of the molecule is Fc1ccc(CC2CCN(Cc3nc(COc4ccccc4)no3)CC2)cc1. The van der Waals surface area contributed by atoms with Gasteiger partial charge in [0.15, 0.2) is 6.61 Å². The molecule has 4 rings (SSSR count). The Labute approximate surface area is 164 Å². The van der Waals surface area contributed by atoms with Crippen molar-refractivity contribution in [1.29, 1.82) is 0 Å². The average Bonchev–Trinajstić information content (AvgIpc) is 3.18. The predicted molar refractivity (Wildman–Crippen MR) is 103 cm³/mol. The molecule has 2 aromatic carbocycles. The number of hydrogen-bond donors (Lipinski definition) is 0. The number of hydrogen-bond acceptors (Lipinski definition) is 5. The molecule has 1 fully saturated rings. The summed E-state index contributed by atoms with van der Waals surface area (Å²) in [5.41, 5.74) is 1.21. The third-order valence-electron chi connectivity index (χ3n) is 5.12. The van der Waals surface area contributed by atoms with Crippen molar-refractivity contribution in [3.63, 3.8) is 0 Å². The molecule has 3 aromatic rings. The maximum atomic E-state index is 13.0. The van der Waals surface area contributed by atoms with Gasteiger partial charge in [0.05, 0.1) is 6.54 Å². The van der Waals surface area contributed by atoms with Crippen LogP contribution in [0.15, 0.2) is 59.1 Å². The van der Waals surface area contributed by atoms with E-state index in [1.54, 1.807) is 12.1 Å². The molecule has 0 N–H and O–H groups in total. The Morgan fingerprint density at radius 3 is 2.54 bits per heavy atom. The fourth-order valence-electron chi connectivity index (χ4n) is 3.57. The first-order valence-electron chi connectivity index (χ1n) is 9.71. The molecule has 0 aliphatic carbocycles. The first-order chi connectivity index (χ1) is 13.7. The molecule has 0 unspecified atom stereocenters. The van der Waals surface area contributed by atoms with Crippen molar-refractivity contribution in [2.24, 2.45) is 5.92 Å². The minimum atomic E-state index is -0.174. The Hall–Kier alpha value is -2.73. The van der Waals surface area contributed by atoms with Crippen LogP contribution in [0.5, 0.6) is 5.75 Å². The van der Waals surface area contributed by atoms with Crippen LogP contribution in [0.1, 0.15) is 30.1 Å². The Kier molecular flexibility index (Phi) is 5.97. The minimum Gasteiger partial charge on any atom is -0.485 e. The molecule has 0 spiro atoms. The van der Waals surface area contributed by atoms with Crippen LogP contribution in [-0.2, 0) is 19.6 Å². The molecule has 0 saturated carbocycles. The Morgan fingerprint density at radius 1 is 1.04 bits per heavy atom. The summed E-state index contributed by atoms with van der Waals surface area (Å²) in [5.74, 6) is 2.44. The second kappa shape index (κ2) is 8.97. The van der Waals surface area contributed by atoms with Crippen LogP contribution in [-0.4, -0.2) is 28.1 Å². The third kappa shape index (κ3) is 5.16. The summed E-state index contributed by atoms with van der Waals surface area (Å²) < 4.78 is 24.0. The fourth-order valence-corrected chi connectivity index (χ4v) is 3.57. The highest BCUT2D eigenvalue weighted by atomic mass is 19.1. The summed E-state index contributed by atoms with van der Waals surface area (Å²) in [6.45, 7) is 2.98. The molecule has 5 nitrogen and oxygen atoms in total. The molecule has 1 aliphatic rings. The number of halogens is 1. The van der Waals surface area contributed by atoms with Crippen molar-refractivity contribution in [3.8, 4) is 5.75 Å². The lowest BCUT2D eigenvalue weighted by atomic mass is 9.90. The van der Waals surface area contributed by atoms with Gasteiger partial charge in [-0.15, -0.1) is 0 Å². The first kappa shape index (κ1) is 18.6. The van der Waals surface area contributed by atoms with Crippen LogP contribution < -0.4 is 4.74 Å². The second-order valence-electron chi connectivity index (χ2n) is 7.26. The zero-order valence-electron chi connectivity index (χ0n) is 15.8. The topological polar surface area (TPSA) is 51.4 Å². The summed E-state index contributed by atoms with van der Waals surface area (Å²) in [6.07, 6.45) is 3.25. The van der Waals surface area contributed by atoms with Crippen LogP contribution in [0.25, 0.3) is 0 Å². The fraction of sp³-hybridized carbons (Fsp3) is 0.364. The summed E-state index contributed by atoms with van der Waals surface area (Å²) in [5, 5.41) is 4.01. The number of likely N-dealkylation sites (tertiary alicyclic amines) is 1. The van der Waals surface area contributed by atoms with Gasteiger partial charge in [0.2, 0.25) is 11.7 Å². The number of para-hydroxylation sites is 1. The largest absolute Gasteiger partial charge is 0.485 e. The Morgan fingerprint density at radius 2 is 1.79 bits per heavy atom. The summed E-state index contributed by atoms with van der Waals surface area (Å²) in [6, 6.07) is 16.5. The van der Waals surface area contributed by atoms with E-state index in [1.807, 2.05) is 42.5 Å². The van der Waals surface area contributed by atoms with E-state index in [9.17, 15) is 4.39 Å². The maximum absolute atomic E-state index is 13.0. The van der Waals surface area contributed by atoms with E-state index in [0.29, 0.717) is 30.8 Å². The zero-order chi connectivity index (χ0) is 19.2. The summed E-state index contributed by atoms with van der Waals surface area (Å²) >= 11 is 0. The third-order valence-corrected chi connectivity index (χ3v) is 5.12. The number of aromatic nitrogens is 2. The van der Waals surface area contributed by atoms with Crippen LogP contribution in [0, 0.1) is 11.7 Å². The summed E-state index contributed by atoms with van der Waals surface area (Å²) in [7, 11) is 0. The van der Waals surface area contributed by atoms with Gasteiger partial charge in [-0.1, -0.05) is 35.5 Å². The van der Waals surface area contributed by atoms with E-state index < -0.39 is 0 Å². The standard InChI is InChI=1S/C22H24FN3O2/c23-19-8-6-17(7-9-19)14-18-10-12-26(13-11-18)15-22-24-21(25-28-22)16-27-20-4-2-1-3-5-20/h1-9,18H,10-16H2. The van der Waals surface area contributed by atoms with Crippen molar-refractivity contribution in [2.45, 2.75) is 32.4 Å². The summed E-state index contributed by atoms with van der Waals surface area (Å²) in [4.78, 5) is 6.78. The van der Waals surface area contributed by atoms with Gasteiger partial charge in [0.25, 0.3) is 0 Å². The van der Waals surface area contributed by atoms with E-state index in [4.69, 9.17) is 9.26 Å². The van der Waals surface area contributed by atoms with E-state index in [-0.39, 0.29) is 5.82 Å². The lowest BCUT2D eigenvalue weighted by Gasteiger charge is -2.31. The van der Waals surface area contributed by atoms with Crippen LogP contribution in [0.4, 0.5) is 4.39 Å². The molecule has 0 bridgehead atoms. The molecule has 1 saturated heterocycles. The Bertz CT molecular complexity index is 859. The van der Waals surface area contributed by atoms with Crippen molar-refractivity contribution in [1.82, 2.24) is 15.0 Å². The molecule has 28 heavy (non-hydrogen) atoms. The molecular formula is C22H24FN3O2. The van der Waals surface area contributed by atoms with Gasteiger partial charge in [-0.3, -0.25) is 4.90 Å². The van der Waals surface area contributed by atoms with E-state index in [2.05, 4.69) is 15.0 Å². The quantitative estimate of drug-likeness (QED) is 0.613. The molecular weight excluding hydrogens is 357 g/mol. The molecule has 2 heterocycles. The van der Waals surface area contributed by atoms with E-state index >= 15 is 0 Å². The van der Waals surface area contributed by atoms with Gasteiger partial charge < -0.3 is 9.26 Å². The predicted octanol–water partition coefficient (Wildman–Crippen LogP) is 4.24. The normalized spacial score (nSPS) is 15.6. The van der Waals surface area contributed by atoms with Crippen LogP contribution in [0.2, 0.25) is 0 Å². The van der Waals surface area contributed by atoms with E-state index in [0.717, 1.165) is 38.1 Å². The number of nitrogens with zero attached hydrogens (tertiary/aromatic N) is 3. The van der Waals surface area contributed by atoms with Gasteiger partial charge >= 0.3 is 0 Å². The second-order valence-corrected chi connectivity index (χ2v) is 7.26. The molecule has 1 aliphatic heterocycles. The highest BCUT2D eigenvalue weighted by molar-refractivity contribution is 5.21. The van der Waals surface area contributed by atoms with Gasteiger partial charge in [-0.05, 0) is 68.1 Å². The van der Waals surface area contributed by atoms with Crippen LogP contribution >= 0.6 is 0 Å². The van der Waals surface area contributed by atoms with Gasteiger partial charge in [0.1, 0.15) is 11.6 Å². The minimum absolute atomic E-state index is 0.174. The molecule has 0 atom stereocenters. The van der Waals surface area contributed by atoms with E-state index in [1.165, 1.54) is 5.56 Å². The van der Waals surface area contributed by atoms with Crippen molar-refractivity contribution >= 4 is 0 Å². The molecule has 146 valence electrons. The molecule has 0 radical (unpaired) electrons. The lowest BCUT2D eigenvalue weighted by Crippen LogP contribution is -2.34. The lowest BCUT2D eigenvalue weighted by molar-refractivity contribution is 0.158. The smallest absolute Gasteiger partial charge is 0.240 e. The van der Waals surface area contributed by atoms with Gasteiger partial charge in [0, 0.05) is 0 Å². The van der Waals surface area contributed by atoms with Crippen LogP contribution in [0.3, 0.4) is 0 Å². The number of rotatable bonds is 7. The highest BCUT2D eigenvalue weighted by Crippen LogP contribution is 2.23. The molecule has 1 aromatic heterocycles. The van der Waals surface area contributed by atoms with Crippen molar-refractivity contribution in [2.75, 3.05) is 13.1 Å². The van der Waals surface area contributed by atoms with Crippen molar-refractivity contribution in [3.05, 3.63) is 77.7 Å². The zero-order valence-corrected chi connectivity index (χ0v) is 15.8. The number of ether oxygens (including phenoxy) is 1. The van der Waals surface area contributed by atoms with Gasteiger partial charge in [-0.25, -0.2) is 4.39 Å². The average molecular weight is 381 g/mol. The number of piperidine rings is 1. The number of benzene rings is 2. The van der Waals surface area contributed by atoms with Crippen molar-refractivity contribution < 1.29 is 13.7 Å². The molecule has 0 amide bonds. The maximum Gasteiger partial charge on any atom is 0.240 e. The molecule has 6 heteroatoms. The van der Waals surface area contributed by atoms with Gasteiger partial charge in [-0.2, -0.15) is 4.98 Å².